The van der Waals surface area contributed by atoms with Crippen LogP contribution in [0.4, 0.5) is 5.69 Å². The van der Waals surface area contributed by atoms with Gasteiger partial charge in [-0.15, -0.1) is 0 Å². The van der Waals surface area contributed by atoms with E-state index in [4.69, 9.17) is 10.5 Å². The number of nitro groups is 1. The molecule has 1 fully saturated rings. The molecule has 0 radical (unpaired) electrons. The number of benzene rings is 1. The molecule has 0 spiro atoms. The van der Waals surface area contributed by atoms with E-state index in [0.717, 1.165) is 24.8 Å². The van der Waals surface area contributed by atoms with Gasteiger partial charge < -0.3 is 10.5 Å². The Morgan fingerprint density at radius 3 is 2.62 bits per heavy atom. The number of nitrogens with two attached hydrogens (primary N) is 1. The summed E-state index contributed by atoms with van der Waals surface area (Å²) in [6.45, 7) is 0. The molecule has 0 aliphatic heterocycles. The molecule has 0 heterocycles. The van der Waals surface area contributed by atoms with Crippen LogP contribution < -0.4 is 10.5 Å². The van der Waals surface area contributed by atoms with Crippen LogP contribution in [0.1, 0.15) is 24.8 Å². The molecule has 0 saturated heterocycles. The Morgan fingerprint density at radius 2 is 2.19 bits per heavy atom. The van der Waals surface area contributed by atoms with Crippen molar-refractivity contribution in [3.05, 3.63) is 33.9 Å². The first-order valence-electron chi connectivity index (χ1n) is 5.18. The van der Waals surface area contributed by atoms with Crippen LogP contribution in [0, 0.1) is 10.1 Å². The molecule has 0 atom stereocenters. The number of ether oxygens (including phenoxy) is 1. The van der Waals surface area contributed by atoms with Crippen molar-refractivity contribution in [2.24, 2.45) is 5.73 Å². The molecule has 0 aromatic heterocycles. The molecule has 5 nitrogen and oxygen atoms in total. The van der Waals surface area contributed by atoms with E-state index in [-0.39, 0.29) is 11.2 Å². The fourth-order valence-corrected chi connectivity index (χ4v) is 2.03. The summed E-state index contributed by atoms with van der Waals surface area (Å²) in [6, 6.07) is 4.61. The van der Waals surface area contributed by atoms with Crippen LogP contribution in [-0.4, -0.2) is 12.0 Å². The molecule has 1 saturated carbocycles. The molecule has 1 aromatic carbocycles. The quantitative estimate of drug-likeness (QED) is 0.626. The molecular weight excluding hydrogens is 208 g/mol. The third-order valence-electron chi connectivity index (χ3n) is 3.18. The van der Waals surface area contributed by atoms with Crippen molar-refractivity contribution in [3.8, 4) is 5.75 Å². The molecule has 5 heteroatoms. The molecular formula is C11H14N2O3. The number of hydrogen-bond acceptors (Lipinski definition) is 4. The Kier molecular flexibility index (Phi) is 2.55. The van der Waals surface area contributed by atoms with Crippen molar-refractivity contribution in [1.29, 1.82) is 0 Å². The van der Waals surface area contributed by atoms with Gasteiger partial charge in [-0.2, -0.15) is 0 Å². The molecule has 1 aliphatic rings. The number of nitro benzene ring substituents is 1. The summed E-state index contributed by atoms with van der Waals surface area (Å²) in [4.78, 5) is 10.2. The van der Waals surface area contributed by atoms with Crippen LogP contribution in [0.15, 0.2) is 18.2 Å². The van der Waals surface area contributed by atoms with E-state index >= 15 is 0 Å². The number of nitrogens with zero attached hydrogens (tertiary/aromatic N) is 1. The second-order valence-electron chi connectivity index (χ2n) is 4.15. The molecule has 16 heavy (non-hydrogen) atoms. The summed E-state index contributed by atoms with van der Waals surface area (Å²) in [5, 5.41) is 10.6. The van der Waals surface area contributed by atoms with Crippen molar-refractivity contribution in [2.45, 2.75) is 24.8 Å². The van der Waals surface area contributed by atoms with Crippen molar-refractivity contribution in [1.82, 2.24) is 0 Å². The monoisotopic (exact) mass is 222 g/mol. The second kappa shape index (κ2) is 3.75. The largest absolute Gasteiger partial charge is 0.496 e. The summed E-state index contributed by atoms with van der Waals surface area (Å²) in [7, 11) is 1.50. The van der Waals surface area contributed by atoms with Gasteiger partial charge in [0.2, 0.25) is 0 Å². The van der Waals surface area contributed by atoms with Gasteiger partial charge in [0.1, 0.15) is 5.75 Å². The lowest BCUT2D eigenvalue weighted by Gasteiger charge is -2.39. The third kappa shape index (κ3) is 1.63. The van der Waals surface area contributed by atoms with Crippen LogP contribution in [-0.2, 0) is 5.54 Å². The Bertz CT molecular complexity index is 427. The first kappa shape index (κ1) is 10.9. The van der Waals surface area contributed by atoms with Crippen molar-refractivity contribution in [2.75, 3.05) is 7.11 Å². The molecule has 2 N–H and O–H groups in total. The van der Waals surface area contributed by atoms with Gasteiger partial charge in [0.15, 0.2) is 0 Å². The maximum absolute atomic E-state index is 10.6. The van der Waals surface area contributed by atoms with Gasteiger partial charge in [0.25, 0.3) is 5.69 Å². The van der Waals surface area contributed by atoms with E-state index in [1.54, 1.807) is 6.07 Å². The van der Waals surface area contributed by atoms with Crippen LogP contribution in [0.25, 0.3) is 0 Å². The van der Waals surface area contributed by atoms with E-state index in [0.29, 0.717) is 5.75 Å². The minimum Gasteiger partial charge on any atom is -0.496 e. The fraction of sp³-hybridized carbons (Fsp3) is 0.455. The first-order valence-corrected chi connectivity index (χ1v) is 5.18. The van der Waals surface area contributed by atoms with E-state index in [2.05, 4.69) is 0 Å². The summed E-state index contributed by atoms with van der Waals surface area (Å²) >= 11 is 0. The number of non-ortho nitro benzene ring substituents is 1. The van der Waals surface area contributed by atoms with Gasteiger partial charge in [-0.1, -0.05) is 0 Å². The van der Waals surface area contributed by atoms with Crippen LogP contribution in [0.5, 0.6) is 5.75 Å². The van der Waals surface area contributed by atoms with E-state index in [1.807, 2.05) is 0 Å². The normalized spacial score (nSPS) is 17.6. The predicted molar refractivity (Wildman–Crippen MR) is 59.4 cm³/mol. The first-order chi connectivity index (χ1) is 7.57. The van der Waals surface area contributed by atoms with Crippen LogP contribution >= 0.6 is 0 Å². The van der Waals surface area contributed by atoms with Crippen molar-refractivity contribution in [3.63, 3.8) is 0 Å². The lowest BCUT2D eigenvalue weighted by molar-refractivity contribution is -0.385. The number of rotatable bonds is 3. The van der Waals surface area contributed by atoms with Crippen LogP contribution in [0.3, 0.4) is 0 Å². The smallest absolute Gasteiger partial charge is 0.273 e. The second-order valence-corrected chi connectivity index (χ2v) is 4.15. The highest BCUT2D eigenvalue weighted by Crippen LogP contribution is 2.43. The molecule has 0 unspecified atom stereocenters. The average molecular weight is 222 g/mol. The maximum atomic E-state index is 10.6. The minimum atomic E-state index is -0.434. The van der Waals surface area contributed by atoms with Crippen molar-refractivity contribution < 1.29 is 9.66 Å². The highest BCUT2D eigenvalue weighted by atomic mass is 16.6. The molecule has 86 valence electrons. The zero-order valence-corrected chi connectivity index (χ0v) is 9.10. The van der Waals surface area contributed by atoms with Gasteiger partial charge in [-0.3, -0.25) is 10.1 Å². The van der Waals surface area contributed by atoms with Gasteiger partial charge in [0.05, 0.1) is 18.1 Å². The maximum Gasteiger partial charge on any atom is 0.273 e. The zero-order chi connectivity index (χ0) is 11.8. The van der Waals surface area contributed by atoms with Gasteiger partial charge in [-0.05, 0) is 25.3 Å². The molecule has 0 amide bonds. The Hall–Kier alpha value is -1.62. The predicted octanol–water partition coefficient (Wildman–Crippen LogP) is 1.94. The number of hydrogen-bond donors (Lipinski definition) is 1. The molecule has 0 bridgehead atoms. The Balaban J connectivity index is 2.42. The molecule has 1 aromatic rings. The van der Waals surface area contributed by atoms with Gasteiger partial charge >= 0.3 is 0 Å². The van der Waals surface area contributed by atoms with E-state index in [9.17, 15) is 10.1 Å². The molecule has 2 rings (SSSR count). The topological polar surface area (TPSA) is 78.4 Å². The van der Waals surface area contributed by atoms with Gasteiger partial charge in [0, 0.05) is 17.2 Å². The fourth-order valence-electron chi connectivity index (χ4n) is 2.03. The van der Waals surface area contributed by atoms with E-state index in [1.165, 1.54) is 19.2 Å². The zero-order valence-electron chi connectivity index (χ0n) is 9.10. The SMILES string of the molecule is COc1cc([N+](=O)[O-])ccc1C1(N)CCC1. The summed E-state index contributed by atoms with van der Waals surface area (Å²) < 4.78 is 5.17. The highest BCUT2D eigenvalue weighted by molar-refractivity contribution is 5.48. The Morgan fingerprint density at radius 1 is 1.50 bits per heavy atom. The standard InChI is InChI=1S/C11H14N2O3/c1-16-10-7-8(13(14)15)3-4-9(10)11(12)5-2-6-11/h3-4,7H,2,5-6,12H2,1H3. The van der Waals surface area contributed by atoms with Crippen molar-refractivity contribution >= 4 is 5.69 Å². The highest BCUT2D eigenvalue weighted by Gasteiger charge is 2.37. The van der Waals surface area contributed by atoms with E-state index < -0.39 is 4.92 Å². The lowest BCUT2D eigenvalue weighted by Crippen LogP contribution is -2.43. The summed E-state index contributed by atoms with van der Waals surface area (Å²) in [6.07, 6.45) is 2.90. The number of methoxy groups -OCH3 is 1. The molecule has 1 aliphatic carbocycles. The Labute approximate surface area is 93.4 Å². The average Bonchev–Trinajstić information content (AvgIpc) is 2.25. The summed E-state index contributed by atoms with van der Waals surface area (Å²) in [5.41, 5.74) is 6.71. The third-order valence-corrected chi connectivity index (χ3v) is 3.18. The lowest BCUT2D eigenvalue weighted by atomic mass is 9.72. The van der Waals surface area contributed by atoms with Gasteiger partial charge in [-0.25, -0.2) is 0 Å². The minimum absolute atomic E-state index is 0.0310. The summed E-state index contributed by atoms with van der Waals surface area (Å²) in [5.74, 6) is 0.511. The van der Waals surface area contributed by atoms with Crippen LogP contribution in [0.2, 0.25) is 0 Å².